The van der Waals surface area contributed by atoms with Crippen molar-refractivity contribution in [2.24, 2.45) is 0 Å². The van der Waals surface area contributed by atoms with Gasteiger partial charge >= 0.3 is 5.97 Å². The van der Waals surface area contributed by atoms with E-state index in [0.29, 0.717) is 12.4 Å². The van der Waals surface area contributed by atoms with E-state index in [1.54, 1.807) is 11.1 Å². The van der Waals surface area contributed by atoms with Crippen LogP contribution in [0.1, 0.15) is 13.3 Å². The predicted molar refractivity (Wildman–Crippen MR) is 64.0 cm³/mol. The summed E-state index contributed by atoms with van der Waals surface area (Å²) in [6, 6.07) is 1.86. The highest BCUT2D eigenvalue weighted by Crippen LogP contribution is 2.21. The van der Waals surface area contributed by atoms with E-state index in [4.69, 9.17) is 5.11 Å². The Balaban J connectivity index is 2.40. The molecular weight excluding hydrogens is 220 g/mol. The molecule has 0 amide bonds. The van der Waals surface area contributed by atoms with Crippen LogP contribution in [0, 0.1) is 0 Å². The van der Waals surface area contributed by atoms with E-state index in [9.17, 15) is 4.79 Å². The minimum atomic E-state index is -0.860. The van der Waals surface area contributed by atoms with Crippen LogP contribution in [0.5, 0.6) is 0 Å². The average molecular weight is 234 g/mol. The average Bonchev–Trinajstić information content (AvgIpc) is 2.75. The van der Waals surface area contributed by atoms with Gasteiger partial charge in [0.05, 0.1) is 5.39 Å². The Labute approximate surface area is 98.3 Å². The maximum Gasteiger partial charge on any atom is 0.323 e. The van der Waals surface area contributed by atoms with E-state index in [1.807, 2.05) is 13.0 Å². The highest BCUT2D eigenvalue weighted by molar-refractivity contribution is 5.88. The van der Waals surface area contributed by atoms with Gasteiger partial charge in [-0.2, -0.15) is 0 Å². The van der Waals surface area contributed by atoms with Gasteiger partial charge in [0.15, 0.2) is 0 Å². The van der Waals surface area contributed by atoms with E-state index in [2.05, 4.69) is 15.0 Å². The summed E-state index contributed by atoms with van der Waals surface area (Å²) in [5.41, 5.74) is 0.724. The van der Waals surface area contributed by atoms with Crippen LogP contribution in [-0.4, -0.2) is 39.1 Å². The molecule has 2 rings (SSSR count). The minimum absolute atomic E-state index is 0.0505. The van der Waals surface area contributed by atoms with Crippen molar-refractivity contribution in [3.05, 3.63) is 18.6 Å². The zero-order valence-electron chi connectivity index (χ0n) is 9.55. The normalized spacial score (nSPS) is 10.6. The first-order valence-electron chi connectivity index (χ1n) is 5.47. The third-order valence-corrected chi connectivity index (χ3v) is 2.45. The van der Waals surface area contributed by atoms with E-state index >= 15 is 0 Å². The molecule has 0 saturated heterocycles. The number of nitrogens with zero attached hydrogens (tertiary/aromatic N) is 3. The van der Waals surface area contributed by atoms with Gasteiger partial charge in [-0.25, -0.2) is 9.97 Å². The lowest BCUT2D eigenvalue weighted by Gasteiger charge is -2.21. The number of hydrogen-bond donors (Lipinski definition) is 2. The zero-order chi connectivity index (χ0) is 12.3. The number of rotatable bonds is 5. The Morgan fingerprint density at radius 2 is 2.35 bits per heavy atom. The van der Waals surface area contributed by atoms with Crippen molar-refractivity contribution in [2.45, 2.75) is 13.3 Å². The maximum absolute atomic E-state index is 10.8. The van der Waals surface area contributed by atoms with Crippen molar-refractivity contribution in [3.63, 3.8) is 0 Å². The molecule has 6 heteroatoms. The van der Waals surface area contributed by atoms with Crippen molar-refractivity contribution in [3.8, 4) is 0 Å². The van der Waals surface area contributed by atoms with E-state index in [0.717, 1.165) is 17.5 Å². The Bertz CT molecular complexity index is 523. The minimum Gasteiger partial charge on any atom is -0.480 e. The molecule has 0 unspecified atom stereocenters. The molecule has 17 heavy (non-hydrogen) atoms. The molecular formula is C11H14N4O2. The first-order valence-corrected chi connectivity index (χ1v) is 5.47. The zero-order valence-corrected chi connectivity index (χ0v) is 9.55. The van der Waals surface area contributed by atoms with Crippen molar-refractivity contribution >= 4 is 22.8 Å². The molecule has 0 bridgehead atoms. The first-order chi connectivity index (χ1) is 8.22. The van der Waals surface area contributed by atoms with Gasteiger partial charge in [0.1, 0.15) is 24.3 Å². The Morgan fingerprint density at radius 3 is 3.06 bits per heavy atom. The first kappa shape index (κ1) is 11.4. The predicted octanol–water partition coefficient (Wildman–Crippen LogP) is 1.26. The molecule has 2 aromatic rings. The summed E-state index contributed by atoms with van der Waals surface area (Å²) < 4.78 is 0. The standard InChI is InChI=1S/C11H14N4O2/c1-2-5-15(6-9(16)17)11-8-3-4-12-10(8)13-7-14-11/h3-4,7H,2,5-6H2,1H3,(H,16,17)(H,12,13,14). The molecule has 0 aliphatic carbocycles. The molecule has 0 aliphatic heterocycles. The van der Waals surface area contributed by atoms with E-state index < -0.39 is 5.97 Å². The topological polar surface area (TPSA) is 82.1 Å². The van der Waals surface area contributed by atoms with Crippen LogP contribution in [0.25, 0.3) is 11.0 Å². The van der Waals surface area contributed by atoms with Gasteiger partial charge in [-0.15, -0.1) is 0 Å². The molecule has 2 aromatic heterocycles. The summed E-state index contributed by atoms with van der Waals surface area (Å²) in [5.74, 6) is -0.193. The fraction of sp³-hybridized carbons (Fsp3) is 0.364. The molecule has 0 radical (unpaired) electrons. The van der Waals surface area contributed by atoms with Crippen LogP contribution in [-0.2, 0) is 4.79 Å². The Morgan fingerprint density at radius 1 is 1.53 bits per heavy atom. The van der Waals surface area contributed by atoms with Crippen LogP contribution in [0.3, 0.4) is 0 Å². The highest BCUT2D eigenvalue weighted by Gasteiger charge is 2.14. The van der Waals surface area contributed by atoms with Crippen LogP contribution in [0.2, 0.25) is 0 Å². The van der Waals surface area contributed by atoms with Crippen LogP contribution in [0.15, 0.2) is 18.6 Å². The SMILES string of the molecule is CCCN(CC(=O)O)c1ncnc2[nH]ccc12. The quantitative estimate of drug-likeness (QED) is 0.813. The Kier molecular flexibility index (Phi) is 3.22. The molecule has 0 atom stereocenters. The summed E-state index contributed by atoms with van der Waals surface area (Å²) >= 11 is 0. The smallest absolute Gasteiger partial charge is 0.323 e. The second-order valence-electron chi connectivity index (χ2n) is 3.75. The molecule has 0 aliphatic rings. The van der Waals surface area contributed by atoms with Gasteiger partial charge in [-0.05, 0) is 12.5 Å². The molecule has 2 N–H and O–H groups in total. The number of H-pyrrole nitrogens is 1. The lowest BCUT2D eigenvalue weighted by atomic mass is 10.3. The molecule has 0 saturated carbocycles. The number of aromatic amines is 1. The second kappa shape index (κ2) is 4.82. The van der Waals surface area contributed by atoms with Gasteiger partial charge in [-0.1, -0.05) is 6.92 Å². The third-order valence-electron chi connectivity index (χ3n) is 2.45. The monoisotopic (exact) mass is 234 g/mol. The summed E-state index contributed by atoms with van der Waals surface area (Å²) in [7, 11) is 0. The van der Waals surface area contributed by atoms with E-state index in [1.165, 1.54) is 6.33 Å². The lowest BCUT2D eigenvalue weighted by molar-refractivity contribution is -0.135. The summed E-state index contributed by atoms with van der Waals surface area (Å²) in [6.45, 7) is 2.61. The Hall–Kier alpha value is -2.11. The van der Waals surface area contributed by atoms with Crippen molar-refractivity contribution < 1.29 is 9.90 Å². The fourth-order valence-electron chi connectivity index (χ4n) is 1.80. The summed E-state index contributed by atoms with van der Waals surface area (Å²) in [5, 5.41) is 9.75. The van der Waals surface area contributed by atoms with Gasteiger partial charge in [0.25, 0.3) is 0 Å². The maximum atomic E-state index is 10.8. The number of carboxylic acids is 1. The molecule has 0 fully saturated rings. The molecule has 0 spiro atoms. The van der Waals surface area contributed by atoms with Crippen LogP contribution < -0.4 is 4.90 Å². The number of anilines is 1. The van der Waals surface area contributed by atoms with E-state index in [-0.39, 0.29) is 6.54 Å². The summed E-state index contributed by atoms with van der Waals surface area (Å²) in [6.07, 6.45) is 4.08. The summed E-state index contributed by atoms with van der Waals surface area (Å²) in [4.78, 5) is 23.8. The van der Waals surface area contributed by atoms with Gasteiger partial charge in [0.2, 0.25) is 0 Å². The van der Waals surface area contributed by atoms with Crippen molar-refractivity contribution in [2.75, 3.05) is 18.0 Å². The third kappa shape index (κ3) is 2.35. The highest BCUT2D eigenvalue weighted by atomic mass is 16.4. The number of aliphatic carboxylic acids is 1. The lowest BCUT2D eigenvalue weighted by Crippen LogP contribution is -2.31. The number of aromatic nitrogens is 3. The number of nitrogens with one attached hydrogen (secondary N) is 1. The number of hydrogen-bond acceptors (Lipinski definition) is 4. The van der Waals surface area contributed by atoms with Crippen molar-refractivity contribution in [1.29, 1.82) is 0 Å². The molecule has 0 aromatic carbocycles. The van der Waals surface area contributed by atoms with Gasteiger partial charge < -0.3 is 15.0 Å². The van der Waals surface area contributed by atoms with Gasteiger partial charge in [0, 0.05) is 12.7 Å². The molecule has 2 heterocycles. The molecule has 6 nitrogen and oxygen atoms in total. The fourth-order valence-corrected chi connectivity index (χ4v) is 1.80. The number of carbonyl (C=O) groups is 1. The number of carboxylic acid groups (broad SMARTS) is 1. The molecule has 90 valence electrons. The largest absolute Gasteiger partial charge is 0.480 e. The van der Waals surface area contributed by atoms with Crippen LogP contribution in [0.4, 0.5) is 5.82 Å². The van der Waals surface area contributed by atoms with Gasteiger partial charge in [-0.3, -0.25) is 4.79 Å². The number of fused-ring (bicyclic) bond motifs is 1. The van der Waals surface area contributed by atoms with Crippen molar-refractivity contribution in [1.82, 2.24) is 15.0 Å². The van der Waals surface area contributed by atoms with Crippen LogP contribution >= 0.6 is 0 Å². The second-order valence-corrected chi connectivity index (χ2v) is 3.75.